The summed E-state index contributed by atoms with van der Waals surface area (Å²) in [6, 6.07) is 33.3. The predicted molar refractivity (Wildman–Crippen MR) is 185 cm³/mol. The number of non-ortho nitro benzene ring substituents is 2. The van der Waals surface area contributed by atoms with Gasteiger partial charge in [0.25, 0.3) is 11.4 Å². The average molecular weight is 657 g/mol. The number of anilines is 2. The van der Waals surface area contributed by atoms with E-state index in [0.29, 0.717) is 13.1 Å². The fourth-order valence-electron chi connectivity index (χ4n) is 6.20. The maximum absolute atomic E-state index is 13.5. The third-order valence-corrected chi connectivity index (χ3v) is 8.91. The van der Waals surface area contributed by atoms with Crippen molar-refractivity contribution in [3.8, 4) is 0 Å². The van der Waals surface area contributed by atoms with Crippen LogP contribution >= 0.6 is 0 Å². The summed E-state index contributed by atoms with van der Waals surface area (Å²) in [6.07, 6.45) is 0. The lowest BCUT2D eigenvalue weighted by molar-refractivity contribution is -0.385. The first-order chi connectivity index (χ1) is 23.3. The van der Waals surface area contributed by atoms with Gasteiger partial charge in [-0.15, -0.1) is 0 Å². The summed E-state index contributed by atoms with van der Waals surface area (Å²) in [4.78, 5) is 29.4. The van der Waals surface area contributed by atoms with Crippen molar-refractivity contribution in [3.05, 3.63) is 141 Å². The predicted octanol–water partition coefficient (Wildman–Crippen LogP) is 5.53. The summed E-state index contributed by atoms with van der Waals surface area (Å²) < 4.78 is 13.5. The average Bonchev–Trinajstić information content (AvgIpc) is 3.13. The second kappa shape index (κ2) is 16.8. The van der Waals surface area contributed by atoms with Gasteiger partial charge in [-0.2, -0.15) is 0 Å². The molecule has 2 unspecified atom stereocenters. The van der Waals surface area contributed by atoms with E-state index in [0.717, 1.165) is 50.6 Å². The first-order valence-corrected chi connectivity index (χ1v) is 16.1. The summed E-state index contributed by atoms with van der Waals surface area (Å²) in [5, 5.41) is 31.3. The van der Waals surface area contributed by atoms with Crippen molar-refractivity contribution in [2.75, 3.05) is 62.3 Å². The zero-order chi connectivity index (χ0) is 33.9. The van der Waals surface area contributed by atoms with Gasteiger partial charge >= 0.3 is 0 Å². The molecule has 0 bridgehead atoms. The van der Waals surface area contributed by atoms with Gasteiger partial charge in [-0.3, -0.25) is 30.0 Å². The number of nitro groups is 2. The number of nitrogens with zero attached hydrogens (tertiary/aromatic N) is 6. The molecule has 12 heteroatoms. The van der Waals surface area contributed by atoms with Gasteiger partial charge in [-0.1, -0.05) is 60.7 Å². The van der Waals surface area contributed by atoms with E-state index in [2.05, 4.69) is 43.9 Å². The minimum atomic E-state index is -0.411. The van der Waals surface area contributed by atoms with Crippen LogP contribution in [0.15, 0.2) is 109 Å². The minimum absolute atomic E-state index is 0.0501. The maximum Gasteiger partial charge on any atom is 0.269 e. The Hall–Kier alpha value is -4.91. The van der Waals surface area contributed by atoms with Crippen LogP contribution in [-0.4, -0.2) is 89.4 Å². The van der Waals surface area contributed by atoms with Crippen LogP contribution in [0.25, 0.3) is 0 Å². The molecule has 0 amide bonds. The zero-order valence-electron chi connectivity index (χ0n) is 26.8. The molecule has 2 heterocycles. The lowest BCUT2D eigenvalue weighted by Gasteiger charge is -2.41. The largest absolute Gasteiger partial charge is 0.395 e. The van der Waals surface area contributed by atoms with Crippen LogP contribution < -0.4 is 9.80 Å². The molecule has 6 rings (SSSR count). The Morgan fingerprint density at radius 1 is 0.604 bits per heavy atom. The summed E-state index contributed by atoms with van der Waals surface area (Å²) in [5.74, 6) is 0. The molecule has 0 aliphatic carbocycles. The highest BCUT2D eigenvalue weighted by molar-refractivity contribution is 5.52. The molecule has 0 radical (unpaired) electrons. The Morgan fingerprint density at radius 3 is 1.38 bits per heavy atom. The van der Waals surface area contributed by atoms with Crippen LogP contribution in [0, 0.1) is 20.2 Å². The smallest absolute Gasteiger partial charge is 0.269 e. The van der Waals surface area contributed by atoms with E-state index < -0.39 is 16.5 Å². The van der Waals surface area contributed by atoms with Gasteiger partial charge < -0.3 is 14.9 Å². The third kappa shape index (κ3) is 9.12. The monoisotopic (exact) mass is 656 g/mol. The topological polar surface area (TPSA) is 119 Å². The SMILES string of the molecule is O=[N+]([O-])c1ccc(N2CCN(Cc3ccccc3)C(CF)C2)cc1.O=[N+]([O-])c1ccc(N2CCN(Cc3ccccc3)C(CO)C2)cc1. The minimum Gasteiger partial charge on any atom is -0.395 e. The Bertz CT molecular complexity index is 1480. The van der Waals surface area contributed by atoms with Crippen LogP contribution in [0.3, 0.4) is 0 Å². The number of hydrogen-bond donors (Lipinski definition) is 1. The molecular formula is C36H41FN6O5. The Labute approximate surface area is 279 Å². The summed E-state index contributed by atoms with van der Waals surface area (Å²) in [7, 11) is 0. The molecule has 48 heavy (non-hydrogen) atoms. The Morgan fingerprint density at radius 2 is 1.00 bits per heavy atom. The van der Waals surface area contributed by atoms with Crippen molar-refractivity contribution in [2.24, 2.45) is 0 Å². The molecular weight excluding hydrogens is 615 g/mol. The summed E-state index contributed by atoms with van der Waals surface area (Å²) in [6.45, 7) is 5.76. The highest BCUT2D eigenvalue weighted by atomic mass is 19.1. The number of halogens is 1. The van der Waals surface area contributed by atoms with Gasteiger partial charge in [0.1, 0.15) is 6.67 Å². The van der Waals surface area contributed by atoms with Crippen LogP contribution in [0.5, 0.6) is 0 Å². The molecule has 2 aliphatic rings. The van der Waals surface area contributed by atoms with Crippen LogP contribution in [0.4, 0.5) is 27.1 Å². The fourth-order valence-corrected chi connectivity index (χ4v) is 6.20. The second-order valence-corrected chi connectivity index (χ2v) is 12.0. The lowest BCUT2D eigenvalue weighted by atomic mass is 10.1. The van der Waals surface area contributed by atoms with Crippen molar-refractivity contribution in [2.45, 2.75) is 25.2 Å². The highest BCUT2D eigenvalue weighted by Gasteiger charge is 2.28. The molecule has 0 spiro atoms. The van der Waals surface area contributed by atoms with Gasteiger partial charge in [0, 0.05) is 88.0 Å². The van der Waals surface area contributed by atoms with Gasteiger partial charge in [-0.25, -0.2) is 4.39 Å². The zero-order valence-corrected chi connectivity index (χ0v) is 26.8. The molecule has 4 aromatic rings. The first kappa shape index (κ1) is 34.4. The van der Waals surface area contributed by atoms with E-state index in [1.807, 2.05) is 36.4 Å². The van der Waals surface area contributed by atoms with Crippen LogP contribution in [0.2, 0.25) is 0 Å². The van der Waals surface area contributed by atoms with Crippen molar-refractivity contribution in [1.82, 2.24) is 9.80 Å². The lowest BCUT2D eigenvalue weighted by Crippen LogP contribution is -2.54. The molecule has 4 aromatic carbocycles. The standard InChI is InChI=1S/C18H20FN3O2.C18H21N3O3/c19-12-18-14-21(16-6-8-17(9-7-16)22(23)24)11-10-20(18)13-15-4-2-1-3-5-15;22-14-18-13-20(16-6-8-17(9-7-16)21(23)24)11-10-19(18)12-15-4-2-1-3-5-15/h1-9,18H,10-14H2;1-9,18,22H,10-14H2. The molecule has 0 saturated carbocycles. The number of hydrogen-bond acceptors (Lipinski definition) is 9. The number of nitro benzene ring substituents is 2. The summed E-state index contributed by atoms with van der Waals surface area (Å²) >= 11 is 0. The van der Waals surface area contributed by atoms with E-state index in [-0.39, 0.29) is 30.1 Å². The fraction of sp³-hybridized carbons (Fsp3) is 0.333. The van der Waals surface area contributed by atoms with E-state index in [4.69, 9.17) is 0 Å². The molecule has 0 aromatic heterocycles. The van der Waals surface area contributed by atoms with E-state index >= 15 is 0 Å². The maximum atomic E-state index is 13.5. The van der Waals surface area contributed by atoms with Gasteiger partial charge in [-0.05, 0) is 35.4 Å². The van der Waals surface area contributed by atoms with E-state index in [1.54, 1.807) is 24.3 Å². The number of benzene rings is 4. The van der Waals surface area contributed by atoms with Crippen molar-refractivity contribution in [3.63, 3.8) is 0 Å². The number of alkyl halides is 1. The van der Waals surface area contributed by atoms with Gasteiger partial charge in [0.15, 0.2) is 0 Å². The number of aliphatic hydroxyl groups excluding tert-OH is 1. The number of rotatable bonds is 10. The number of aliphatic hydroxyl groups is 1. The van der Waals surface area contributed by atoms with E-state index in [1.165, 1.54) is 35.4 Å². The van der Waals surface area contributed by atoms with Crippen molar-refractivity contribution in [1.29, 1.82) is 0 Å². The number of piperazine rings is 2. The van der Waals surface area contributed by atoms with Crippen LogP contribution in [0.1, 0.15) is 11.1 Å². The Kier molecular flexibility index (Phi) is 12.0. The van der Waals surface area contributed by atoms with Crippen molar-refractivity contribution < 1.29 is 19.3 Å². The quantitative estimate of drug-likeness (QED) is 0.174. The first-order valence-electron chi connectivity index (χ1n) is 16.1. The van der Waals surface area contributed by atoms with Gasteiger partial charge in [0.05, 0.1) is 28.5 Å². The molecule has 1 N–H and O–H groups in total. The molecule has 2 atom stereocenters. The Balaban J connectivity index is 0.000000188. The molecule has 2 saturated heterocycles. The van der Waals surface area contributed by atoms with Gasteiger partial charge in [0.2, 0.25) is 0 Å². The van der Waals surface area contributed by atoms with E-state index in [9.17, 15) is 29.7 Å². The molecule has 2 aliphatic heterocycles. The molecule has 252 valence electrons. The molecule has 2 fully saturated rings. The summed E-state index contributed by atoms with van der Waals surface area (Å²) in [5.41, 5.74) is 4.44. The van der Waals surface area contributed by atoms with Crippen LogP contribution in [-0.2, 0) is 13.1 Å². The second-order valence-electron chi connectivity index (χ2n) is 12.0. The highest BCUT2D eigenvalue weighted by Crippen LogP contribution is 2.25. The normalized spacial score (nSPS) is 18.5. The molecule has 11 nitrogen and oxygen atoms in total. The third-order valence-electron chi connectivity index (χ3n) is 8.91. The van der Waals surface area contributed by atoms with Crippen molar-refractivity contribution >= 4 is 22.7 Å².